The van der Waals surface area contributed by atoms with Crippen molar-refractivity contribution in [1.82, 2.24) is 15.1 Å². The summed E-state index contributed by atoms with van der Waals surface area (Å²) in [6.07, 6.45) is 3.24. The highest BCUT2D eigenvalue weighted by Gasteiger charge is 2.28. The molecular formula is C17H26ClN3O. The summed E-state index contributed by atoms with van der Waals surface area (Å²) in [5.41, 5.74) is 1.39. The zero-order chi connectivity index (χ0) is 14.5. The normalized spacial score (nSPS) is 22.4. The first-order chi connectivity index (χ1) is 10.3. The Morgan fingerprint density at radius 3 is 2.50 bits per heavy atom. The van der Waals surface area contributed by atoms with E-state index in [1.807, 2.05) is 4.90 Å². The Hall–Kier alpha value is -1.10. The van der Waals surface area contributed by atoms with E-state index in [4.69, 9.17) is 0 Å². The minimum Gasteiger partial charge on any atom is -0.339 e. The molecule has 2 aliphatic heterocycles. The maximum absolute atomic E-state index is 12.3. The Balaban J connectivity index is 0.00000176. The number of carbonyl (C=O) groups is 1. The molecule has 22 heavy (non-hydrogen) atoms. The van der Waals surface area contributed by atoms with Gasteiger partial charge < -0.3 is 10.2 Å². The van der Waals surface area contributed by atoms with Gasteiger partial charge in [-0.15, -0.1) is 12.4 Å². The lowest BCUT2D eigenvalue weighted by Crippen LogP contribution is -2.53. The van der Waals surface area contributed by atoms with Crippen LogP contribution in [0.3, 0.4) is 0 Å². The number of benzene rings is 1. The van der Waals surface area contributed by atoms with E-state index in [0.717, 1.165) is 58.5 Å². The highest BCUT2D eigenvalue weighted by molar-refractivity contribution is 5.85. The number of hydrogen-bond donors (Lipinski definition) is 1. The van der Waals surface area contributed by atoms with E-state index in [9.17, 15) is 4.79 Å². The van der Waals surface area contributed by atoms with Crippen molar-refractivity contribution < 1.29 is 4.79 Å². The van der Waals surface area contributed by atoms with Crippen molar-refractivity contribution in [2.75, 3.05) is 39.3 Å². The highest BCUT2D eigenvalue weighted by atomic mass is 35.5. The van der Waals surface area contributed by atoms with Gasteiger partial charge in [-0.2, -0.15) is 0 Å². The smallest absolute Gasteiger partial charge is 0.239 e. The second kappa shape index (κ2) is 8.51. The predicted molar refractivity (Wildman–Crippen MR) is 91.4 cm³/mol. The van der Waals surface area contributed by atoms with Gasteiger partial charge in [0.2, 0.25) is 5.91 Å². The summed E-state index contributed by atoms with van der Waals surface area (Å²) in [5.74, 6) is 0.315. The van der Waals surface area contributed by atoms with Crippen LogP contribution in [0.1, 0.15) is 18.4 Å². The summed E-state index contributed by atoms with van der Waals surface area (Å²) in [5, 5.41) is 3.31. The molecule has 1 amide bonds. The van der Waals surface area contributed by atoms with E-state index in [1.165, 1.54) is 5.56 Å². The van der Waals surface area contributed by atoms with E-state index in [1.54, 1.807) is 0 Å². The van der Waals surface area contributed by atoms with Gasteiger partial charge in [-0.1, -0.05) is 30.3 Å². The molecule has 1 atom stereocenters. The summed E-state index contributed by atoms with van der Waals surface area (Å²) in [6.45, 7) is 5.86. The van der Waals surface area contributed by atoms with Crippen LogP contribution in [0, 0.1) is 0 Å². The van der Waals surface area contributed by atoms with Crippen LogP contribution in [-0.2, 0) is 11.2 Å². The topological polar surface area (TPSA) is 35.6 Å². The van der Waals surface area contributed by atoms with Gasteiger partial charge in [0.05, 0.1) is 6.04 Å². The Bertz CT molecular complexity index is 454. The van der Waals surface area contributed by atoms with Crippen LogP contribution in [0.25, 0.3) is 0 Å². The summed E-state index contributed by atoms with van der Waals surface area (Å²) >= 11 is 0. The summed E-state index contributed by atoms with van der Waals surface area (Å²) in [7, 11) is 0. The molecule has 122 valence electrons. The Morgan fingerprint density at radius 2 is 1.86 bits per heavy atom. The van der Waals surface area contributed by atoms with Crippen LogP contribution in [-0.4, -0.2) is 61.0 Å². The number of amides is 1. The van der Waals surface area contributed by atoms with Gasteiger partial charge in [0, 0.05) is 32.7 Å². The molecule has 0 saturated carbocycles. The van der Waals surface area contributed by atoms with Gasteiger partial charge in [-0.05, 0) is 31.4 Å². The summed E-state index contributed by atoms with van der Waals surface area (Å²) < 4.78 is 0. The van der Waals surface area contributed by atoms with Crippen LogP contribution in [0.4, 0.5) is 0 Å². The average Bonchev–Trinajstić information content (AvgIpc) is 3.08. The fourth-order valence-corrected chi connectivity index (χ4v) is 3.24. The SMILES string of the molecule is Cl.O=C(C1CCCN1)N1CCN(CCc2ccccc2)CC1. The first kappa shape index (κ1) is 17.3. The molecule has 2 aliphatic rings. The Labute approximate surface area is 139 Å². The number of nitrogens with one attached hydrogen (secondary N) is 1. The molecule has 0 aromatic heterocycles. The zero-order valence-electron chi connectivity index (χ0n) is 13.0. The second-order valence-electron chi connectivity index (χ2n) is 6.05. The third-order valence-electron chi connectivity index (χ3n) is 4.60. The highest BCUT2D eigenvalue weighted by Crippen LogP contribution is 2.11. The fraction of sp³-hybridized carbons (Fsp3) is 0.588. The van der Waals surface area contributed by atoms with Gasteiger partial charge >= 0.3 is 0 Å². The third-order valence-corrected chi connectivity index (χ3v) is 4.60. The largest absolute Gasteiger partial charge is 0.339 e. The van der Waals surface area contributed by atoms with Gasteiger partial charge in [-0.3, -0.25) is 9.69 Å². The number of halogens is 1. The van der Waals surface area contributed by atoms with E-state index >= 15 is 0 Å². The molecular weight excluding hydrogens is 298 g/mol. The van der Waals surface area contributed by atoms with Gasteiger partial charge in [0.1, 0.15) is 0 Å². The maximum Gasteiger partial charge on any atom is 0.239 e. The Morgan fingerprint density at radius 1 is 1.14 bits per heavy atom. The average molecular weight is 324 g/mol. The quantitative estimate of drug-likeness (QED) is 0.913. The number of nitrogens with zero attached hydrogens (tertiary/aromatic N) is 2. The number of rotatable bonds is 4. The minimum atomic E-state index is 0. The van der Waals surface area contributed by atoms with Crippen molar-refractivity contribution in [2.45, 2.75) is 25.3 Å². The zero-order valence-corrected chi connectivity index (χ0v) is 13.9. The molecule has 0 bridgehead atoms. The third kappa shape index (κ3) is 4.45. The minimum absolute atomic E-state index is 0. The molecule has 3 rings (SSSR count). The van der Waals surface area contributed by atoms with Crippen molar-refractivity contribution in [3.63, 3.8) is 0 Å². The molecule has 5 heteroatoms. The van der Waals surface area contributed by atoms with Crippen molar-refractivity contribution in [3.8, 4) is 0 Å². The Kier molecular flexibility index (Phi) is 6.68. The molecule has 0 radical (unpaired) electrons. The standard InChI is InChI=1S/C17H25N3O.ClH/c21-17(16-7-4-9-18-16)20-13-11-19(12-14-20)10-8-15-5-2-1-3-6-15;/h1-3,5-6,16,18H,4,7-14H2;1H. The molecule has 2 saturated heterocycles. The van der Waals surface area contributed by atoms with E-state index in [-0.39, 0.29) is 18.4 Å². The van der Waals surface area contributed by atoms with Crippen molar-refractivity contribution >= 4 is 18.3 Å². The molecule has 1 N–H and O–H groups in total. The molecule has 2 fully saturated rings. The fourth-order valence-electron chi connectivity index (χ4n) is 3.24. The summed E-state index contributed by atoms with van der Waals surface area (Å²) in [6, 6.07) is 10.7. The van der Waals surface area contributed by atoms with Crippen LogP contribution in [0.2, 0.25) is 0 Å². The van der Waals surface area contributed by atoms with Gasteiger partial charge in [0.15, 0.2) is 0 Å². The lowest BCUT2D eigenvalue weighted by molar-refractivity contribution is -0.134. The van der Waals surface area contributed by atoms with Crippen molar-refractivity contribution in [3.05, 3.63) is 35.9 Å². The first-order valence-electron chi connectivity index (χ1n) is 8.11. The molecule has 1 aromatic carbocycles. The molecule has 4 nitrogen and oxygen atoms in total. The van der Waals surface area contributed by atoms with Crippen LogP contribution >= 0.6 is 12.4 Å². The van der Waals surface area contributed by atoms with E-state index in [0.29, 0.717) is 5.91 Å². The van der Waals surface area contributed by atoms with E-state index in [2.05, 4.69) is 40.5 Å². The van der Waals surface area contributed by atoms with Crippen LogP contribution in [0.15, 0.2) is 30.3 Å². The first-order valence-corrected chi connectivity index (χ1v) is 8.11. The predicted octanol–water partition coefficient (Wildman–Crippen LogP) is 1.55. The van der Waals surface area contributed by atoms with Crippen molar-refractivity contribution in [1.29, 1.82) is 0 Å². The van der Waals surface area contributed by atoms with Gasteiger partial charge in [-0.25, -0.2) is 0 Å². The monoisotopic (exact) mass is 323 g/mol. The summed E-state index contributed by atoms with van der Waals surface area (Å²) in [4.78, 5) is 16.8. The van der Waals surface area contributed by atoms with Crippen LogP contribution in [0.5, 0.6) is 0 Å². The van der Waals surface area contributed by atoms with Gasteiger partial charge in [0.25, 0.3) is 0 Å². The molecule has 0 spiro atoms. The number of hydrogen-bond acceptors (Lipinski definition) is 3. The number of carbonyl (C=O) groups excluding carboxylic acids is 1. The van der Waals surface area contributed by atoms with Crippen LogP contribution < -0.4 is 5.32 Å². The number of piperazine rings is 1. The molecule has 1 unspecified atom stereocenters. The van der Waals surface area contributed by atoms with E-state index < -0.39 is 0 Å². The lowest BCUT2D eigenvalue weighted by Gasteiger charge is -2.36. The molecule has 2 heterocycles. The van der Waals surface area contributed by atoms with Crippen molar-refractivity contribution in [2.24, 2.45) is 0 Å². The second-order valence-corrected chi connectivity index (χ2v) is 6.05. The lowest BCUT2D eigenvalue weighted by atomic mass is 10.1. The molecule has 0 aliphatic carbocycles. The molecule has 1 aromatic rings. The maximum atomic E-state index is 12.3.